The number of halogens is 1. The van der Waals surface area contributed by atoms with E-state index in [4.69, 9.17) is 9.47 Å². The number of hydrogen-bond acceptors (Lipinski definition) is 4. The van der Waals surface area contributed by atoms with Crippen LogP contribution in [0.2, 0.25) is 0 Å². The van der Waals surface area contributed by atoms with Gasteiger partial charge in [-0.1, -0.05) is 28.1 Å². The molecule has 1 aliphatic rings. The zero-order valence-corrected chi connectivity index (χ0v) is 13.7. The number of allylic oxidation sites excluding steroid dienone is 1. The lowest BCUT2D eigenvalue weighted by Crippen LogP contribution is -2.01. The molecule has 0 aromatic heterocycles. The van der Waals surface area contributed by atoms with Crippen molar-refractivity contribution in [2.75, 3.05) is 19.5 Å². The molecule has 0 fully saturated rings. The van der Waals surface area contributed by atoms with Gasteiger partial charge in [-0.2, -0.15) is 0 Å². The van der Waals surface area contributed by atoms with Crippen LogP contribution in [-0.4, -0.2) is 20.0 Å². The first-order valence-corrected chi connectivity index (χ1v) is 7.46. The molecule has 22 heavy (non-hydrogen) atoms. The fraction of sp³-hybridized carbons (Fsp3) is 0.118. The molecule has 0 atom stereocenters. The van der Waals surface area contributed by atoms with Crippen LogP contribution < -0.4 is 14.8 Å². The van der Waals surface area contributed by atoms with Gasteiger partial charge >= 0.3 is 0 Å². The van der Waals surface area contributed by atoms with E-state index in [-0.39, 0.29) is 5.78 Å². The lowest BCUT2D eigenvalue weighted by molar-refractivity contribution is 0.104. The Kier molecular flexibility index (Phi) is 3.90. The number of methoxy groups -OCH3 is 2. The maximum Gasteiger partial charge on any atom is 0.215 e. The molecule has 0 saturated heterocycles. The number of ether oxygens (including phenoxy) is 2. The summed E-state index contributed by atoms with van der Waals surface area (Å²) in [5, 5.41) is 3.14. The van der Waals surface area contributed by atoms with Crippen LogP contribution in [0.1, 0.15) is 15.9 Å². The predicted molar refractivity (Wildman–Crippen MR) is 89.6 cm³/mol. The maximum absolute atomic E-state index is 12.6. The van der Waals surface area contributed by atoms with Crippen molar-refractivity contribution in [3.8, 4) is 11.5 Å². The number of Topliss-reactive ketones (excluding diaryl/α,β-unsaturated/α-hetero) is 1. The van der Waals surface area contributed by atoms with Gasteiger partial charge in [0.05, 0.1) is 31.2 Å². The number of benzene rings is 2. The van der Waals surface area contributed by atoms with E-state index < -0.39 is 0 Å². The van der Waals surface area contributed by atoms with E-state index in [1.165, 1.54) is 0 Å². The molecule has 1 heterocycles. The minimum Gasteiger partial charge on any atom is -0.497 e. The summed E-state index contributed by atoms with van der Waals surface area (Å²) in [6, 6.07) is 11.2. The highest BCUT2D eigenvalue weighted by atomic mass is 79.9. The van der Waals surface area contributed by atoms with Gasteiger partial charge in [0.25, 0.3) is 0 Å². The highest BCUT2D eigenvalue weighted by Gasteiger charge is 2.29. The fourth-order valence-corrected chi connectivity index (χ4v) is 2.63. The largest absolute Gasteiger partial charge is 0.497 e. The first kappa shape index (κ1) is 14.7. The Hall–Kier alpha value is -2.27. The molecule has 1 N–H and O–H groups in total. The van der Waals surface area contributed by atoms with Crippen molar-refractivity contribution in [1.29, 1.82) is 0 Å². The monoisotopic (exact) mass is 359 g/mol. The highest BCUT2D eigenvalue weighted by molar-refractivity contribution is 9.10. The molecule has 2 aromatic carbocycles. The van der Waals surface area contributed by atoms with Crippen LogP contribution in [0.3, 0.4) is 0 Å². The van der Waals surface area contributed by atoms with Gasteiger partial charge in [0, 0.05) is 16.6 Å². The first-order chi connectivity index (χ1) is 10.6. The standard InChI is InChI=1S/C17H14BrNO3/c1-21-12-8-13-16(15(9-12)22-2)17(20)14(19-13)7-10-3-5-11(18)6-4-10/h3-9,19H,1-2H3/b14-7-. The molecule has 4 nitrogen and oxygen atoms in total. The molecule has 3 rings (SSSR count). The Balaban J connectivity index is 2.02. The van der Waals surface area contributed by atoms with Crippen LogP contribution in [-0.2, 0) is 0 Å². The number of carbonyl (C=O) groups is 1. The zero-order chi connectivity index (χ0) is 15.7. The summed E-state index contributed by atoms with van der Waals surface area (Å²) in [6.07, 6.45) is 1.82. The Morgan fingerprint density at radius 2 is 1.82 bits per heavy atom. The molecular weight excluding hydrogens is 346 g/mol. The van der Waals surface area contributed by atoms with Gasteiger partial charge in [0.2, 0.25) is 5.78 Å². The Labute approximate surface area is 136 Å². The van der Waals surface area contributed by atoms with E-state index in [2.05, 4.69) is 21.2 Å². The number of rotatable bonds is 3. The van der Waals surface area contributed by atoms with Crippen molar-refractivity contribution >= 4 is 33.5 Å². The van der Waals surface area contributed by atoms with Crippen molar-refractivity contribution in [2.45, 2.75) is 0 Å². The molecule has 1 aliphatic heterocycles. The second-order valence-corrected chi connectivity index (χ2v) is 5.73. The lowest BCUT2D eigenvalue weighted by atomic mass is 10.1. The summed E-state index contributed by atoms with van der Waals surface area (Å²) < 4.78 is 11.5. The average molecular weight is 360 g/mol. The SMILES string of the molecule is COc1cc2c(c(OC)c1)C(=O)/C(=C/c1ccc(Br)cc1)N2. The minimum absolute atomic E-state index is 0.0857. The molecule has 0 bridgehead atoms. The molecule has 0 aliphatic carbocycles. The van der Waals surface area contributed by atoms with Crippen LogP contribution in [0, 0.1) is 0 Å². The van der Waals surface area contributed by atoms with E-state index >= 15 is 0 Å². The second kappa shape index (κ2) is 5.85. The third kappa shape index (κ3) is 2.60. The molecule has 112 valence electrons. The van der Waals surface area contributed by atoms with E-state index in [0.29, 0.717) is 28.4 Å². The van der Waals surface area contributed by atoms with Gasteiger partial charge < -0.3 is 14.8 Å². The van der Waals surface area contributed by atoms with Crippen molar-refractivity contribution in [1.82, 2.24) is 0 Å². The molecule has 0 spiro atoms. The number of fused-ring (bicyclic) bond motifs is 1. The van der Waals surface area contributed by atoms with Gasteiger partial charge in [-0.15, -0.1) is 0 Å². The summed E-state index contributed by atoms with van der Waals surface area (Å²) in [6.45, 7) is 0. The molecule has 2 aromatic rings. The Morgan fingerprint density at radius 1 is 1.09 bits per heavy atom. The summed E-state index contributed by atoms with van der Waals surface area (Å²) in [7, 11) is 3.12. The number of carbonyl (C=O) groups excluding carboxylic acids is 1. The van der Waals surface area contributed by atoms with Crippen LogP contribution in [0.5, 0.6) is 11.5 Å². The lowest BCUT2D eigenvalue weighted by Gasteiger charge is -2.08. The molecular formula is C17H14BrNO3. The maximum atomic E-state index is 12.6. The molecule has 0 saturated carbocycles. The molecule has 0 unspecified atom stereocenters. The van der Waals surface area contributed by atoms with E-state index in [1.54, 1.807) is 26.4 Å². The van der Waals surface area contributed by atoms with Gasteiger partial charge in [0.1, 0.15) is 11.5 Å². The Morgan fingerprint density at radius 3 is 2.45 bits per heavy atom. The summed E-state index contributed by atoms with van der Waals surface area (Å²) in [5.41, 5.74) is 2.69. The van der Waals surface area contributed by atoms with Crippen molar-refractivity contribution in [2.24, 2.45) is 0 Å². The third-order valence-corrected chi connectivity index (χ3v) is 3.98. The summed E-state index contributed by atoms with van der Waals surface area (Å²) in [4.78, 5) is 12.6. The van der Waals surface area contributed by atoms with Crippen LogP contribution in [0.4, 0.5) is 5.69 Å². The fourth-order valence-electron chi connectivity index (χ4n) is 2.37. The molecule has 0 radical (unpaired) electrons. The predicted octanol–water partition coefficient (Wildman–Crippen LogP) is 4.12. The van der Waals surface area contributed by atoms with Gasteiger partial charge in [-0.25, -0.2) is 0 Å². The summed E-state index contributed by atoms with van der Waals surface area (Å²) in [5.74, 6) is 1.06. The van der Waals surface area contributed by atoms with E-state index in [0.717, 1.165) is 10.0 Å². The second-order valence-electron chi connectivity index (χ2n) is 4.82. The third-order valence-electron chi connectivity index (χ3n) is 3.45. The van der Waals surface area contributed by atoms with Crippen LogP contribution in [0.25, 0.3) is 6.08 Å². The van der Waals surface area contributed by atoms with E-state index in [9.17, 15) is 4.79 Å². The molecule has 5 heteroatoms. The number of anilines is 1. The van der Waals surface area contributed by atoms with Crippen molar-refractivity contribution < 1.29 is 14.3 Å². The highest BCUT2D eigenvalue weighted by Crippen LogP contribution is 2.39. The normalized spacial score (nSPS) is 14.7. The smallest absolute Gasteiger partial charge is 0.215 e. The van der Waals surface area contributed by atoms with E-state index in [1.807, 2.05) is 30.3 Å². The topological polar surface area (TPSA) is 47.6 Å². The van der Waals surface area contributed by atoms with Crippen molar-refractivity contribution in [3.63, 3.8) is 0 Å². The molecule has 0 amide bonds. The van der Waals surface area contributed by atoms with Gasteiger partial charge in [-0.05, 0) is 23.8 Å². The number of ketones is 1. The zero-order valence-electron chi connectivity index (χ0n) is 12.1. The summed E-state index contributed by atoms with van der Waals surface area (Å²) >= 11 is 3.39. The number of nitrogens with one attached hydrogen (secondary N) is 1. The van der Waals surface area contributed by atoms with Crippen LogP contribution in [0.15, 0.2) is 46.6 Å². The van der Waals surface area contributed by atoms with Gasteiger partial charge in [-0.3, -0.25) is 4.79 Å². The van der Waals surface area contributed by atoms with Gasteiger partial charge in [0.15, 0.2) is 0 Å². The average Bonchev–Trinajstić information content (AvgIpc) is 2.85. The number of hydrogen-bond donors (Lipinski definition) is 1. The Bertz CT molecular complexity index is 766. The first-order valence-electron chi connectivity index (χ1n) is 6.67. The van der Waals surface area contributed by atoms with Crippen LogP contribution >= 0.6 is 15.9 Å². The minimum atomic E-state index is -0.0857. The van der Waals surface area contributed by atoms with Crippen molar-refractivity contribution in [3.05, 3.63) is 57.7 Å². The quantitative estimate of drug-likeness (QED) is 0.837.